The lowest BCUT2D eigenvalue weighted by atomic mass is 9.82. The fraction of sp³-hybridized carbons (Fsp3) is 0.652. The predicted octanol–water partition coefficient (Wildman–Crippen LogP) is 5.78. The van der Waals surface area contributed by atoms with E-state index in [-0.39, 0.29) is 23.9 Å². The van der Waals surface area contributed by atoms with Crippen LogP contribution in [-0.4, -0.2) is 32.0 Å². The highest BCUT2D eigenvalue weighted by molar-refractivity contribution is 5.33. The van der Waals surface area contributed by atoms with E-state index in [1.165, 1.54) is 0 Å². The molecule has 1 aliphatic heterocycles. The van der Waals surface area contributed by atoms with Crippen molar-refractivity contribution >= 4 is 0 Å². The van der Waals surface area contributed by atoms with Crippen LogP contribution in [0.1, 0.15) is 63.9 Å². The second kappa shape index (κ2) is 10.4. The average molecular weight is 395 g/mol. The highest BCUT2D eigenvalue weighted by Gasteiger charge is 2.28. The topological polar surface area (TPSA) is 27.7 Å². The molecule has 2 fully saturated rings. The van der Waals surface area contributed by atoms with Crippen LogP contribution in [0.4, 0.5) is 8.78 Å². The molecule has 2 atom stereocenters. The van der Waals surface area contributed by atoms with Crippen molar-refractivity contribution in [2.75, 3.05) is 19.8 Å². The van der Waals surface area contributed by atoms with Gasteiger partial charge in [-0.1, -0.05) is 18.2 Å². The van der Waals surface area contributed by atoms with Gasteiger partial charge in [0, 0.05) is 5.92 Å². The van der Waals surface area contributed by atoms with Gasteiger partial charge in [0.25, 0.3) is 0 Å². The van der Waals surface area contributed by atoms with E-state index in [0.717, 1.165) is 45.1 Å². The molecule has 2 aliphatic rings. The molecule has 1 saturated carbocycles. The second-order valence-electron chi connectivity index (χ2n) is 7.84. The second-order valence-corrected chi connectivity index (χ2v) is 7.84. The lowest BCUT2D eigenvalue weighted by Gasteiger charge is -2.32. The molecule has 1 heterocycles. The van der Waals surface area contributed by atoms with Crippen LogP contribution in [-0.2, 0) is 9.47 Å². The van der Waals surface area contributed by atoms with E-state index in [9.17, 15) is 8.78 Å². The Hall–Kier alpha value is -1.46. The maximum atomic E-state index is 14.4. The number of rotatable bonds is 7. The van der Waals surface area contributed by atoms with Crippen molar-refractivity contribution < 1.29 is 23.0 Å². The van der Waals surface area contributed by atoms with Crippen LogP contribution in [0.15, 0.2) is 24.3 Å². The van der Waals surface area contributed by atoms with E-state index in [4.69, 9.17) is 14.2 Å². The zero-order valence-corrected chi connectivity index (χ0v) is 17.0. The minimum Gasteiger partial charge on any atom is -0.491 e. The molecular formula is C23H32F2O3. The predicted molar refractivity (Wildman–Crippen MR) is 106 cm³/mol. The van der Waals surface area contributed by atoms with Gasteiger partial charge in [-0.25, -0.2) is 4.39 Å². The van der Waals surface area contributed by atoms with Crippen LogP contribution >= 0.6 is 0 Å². The smallest absolute Gasteiger partial charge is 0.200 e. The quantitative estimate of drug-likeness (QED) is 0.549. The summed E-state index contributed by atoms with van der Waals surface area (Å²) in [5.74, 6) is -1.08. The normalized spacial score (nSPS) is 28.6. The van der Waals surface area contributed by atoms with Gasteiger partial charge >= 0.3 is 0 Å². The van der Waals surface area contributed by atoms with E-state index in [1.807, 2.05) is 6.92 Å². The standard InChI is InChI=1S/C23H32F2O3/c1-3-5-16-6-9-19(27-14-16)15-28-18-10-7-17(8-11-18)20-12-13-21(26-4-2)23(25)22(20)24/h3,5,12-13,16-19H,4,6-11,14-15H2,1-2H3/b5-3+. The largest absolute Gasteiger partial charge is 0.491 e. The first-order chi connectivity index (χ1) is 13.6. The zero-order valence-electron chi connectivity index (χ0n) is 17.0. The van der Waals surface area contributed by atoms with Crippen molar-refractivity contribution in [2.45, 2.75) is 70.5 Å². The summed E-state index contributed by atoms with van der Waals surface area (Å²) in [5.41, 5.74) is 0.463. The van der Waals surface area contributed by atoms with Crippen molar-refractivity contribution in [1.29, 1.82) is 0 Å². The van der Waals surface area contributed by atoms with Gasteiger partial charge in [-0.3, -0.25) is 0 Å². The molecule has 1 aliphatic carbocycles. The number of benzene rings is 1. The maximum absolute atomic E-state index is 14.4. The van der Waals surface area contributed by atoms with Gasteiger partial charge in [-0.05, 0) is 69.9 Å². The maximum Gasteiger partial charge on any atom is 0.200 e. The summed E-state index contributed by atoms with van der Waals surface area (Å²) in [6.07, 6.45) is 10.2. The van der Waals surface area contributed by atoms with Crippen LogP contribution < -0.4 is 4.74 Å². The zero-order chi connectivity index (χ0) is 19.9. The summed E-state index contributed by atoms with van der Waals surface area (Å²) in [6.45, 7) is 5.51. The molecule has 1 aromatic carbocycles. The average Bonchev–Trinajstić information content (AvgIpc) is 2.72. The fourth-order valence-corrected chi connectivity index (χ4v) is 4.29. The first-order valence-electron chi connectivity index (χ1n) is 10.6. The molecule has 1 saturated heterocycles. The molecule has 5 heteroatoms. The van der Waals surface area contributed by atoms with E-state index >= 15 is 0 Å². The van der Waals surface area contributed by atoms with Gasteiger partial charge in [0.2, 0.25) is 5.82 Å². The number of ether oxygens (including phenoxy) is 3. The van der Waals surface area contributed by atoms with Gasteiger partial charge < -0.3 is 14.2 Å². The highest BCUT2D eigenvalue weighted by Crippen LogP contribution is 2.37. The molecule has 3 rings (SSSR count). The summed E-state index contributed by atoms with van der Waals surface area (Å²) in [4.78, 5) is 0. The fourth-order valence-electron chi connectivity index (χ4n) is 4.29. The van der Waals surface area contributed by atoms with E-state index in [2.05, 4.69) is 12.2 Å². The molecule has 3 nitrogen and oxygen atoms in total. The molecule has 0 radical (unpaired) electrons. The first kappa shape index (κ1) is 21.3. The Bertz CT molecular complexity index is 645. The Labute approximate surface area is 167 Å². The molecule has 0 N–H and O–H groups in total. The summed E-state index contributed by atoms with van der Waals surface area (Å²) in [7, 11) is 0. The van der Waals surface area contributed by atoms with Gasteiger partial charge in [0.05, 0.1) is 32.0 Å². The number of halogens is 2. The first-order valence-corrected chi connectivity index (χ1v) is 10.6. The van der Waals surface area contributed by atoms with Crippen LogP contribution in [0.25, 0.3) is 0 Å². The van der Waals surface area contributed by atoms with Crippen molar-refractivity contribution in [3.05, 3.63) is 41.5 Å². The Morgan fingerprint density at radius 3 is 2.50 bits per heavy atom. The highest BCUT2D eigenvalue weighted by atomic mass is 19.2. The molecule has 2 unspecified atom stereocenters. The third-order valence-corrected chi connectivity index (χ3v) is 5.88. The molecule has 1 aromatic rings. The minimum absolute atomic E-state index is 0.00934. The Morgan fingerprint density at radius 1 is 1.07 bits per heavy atom. The van der Waals surface area contributed by atoms with Crippen LogP contribution in [0.5, 0.6) is 5.75 Å². The van der Waals surface area contributed by atoms with Crippen molar-refractivity contribution in [3.63, 3.8) is 0 Å². The van der Waals surface area contributed by atoms with E-state index in [1.54, 1.807) is 19.1 Å². The number of allylic oxidation sites excluding steroid dienone is 1. The summed E-state index contributed by atoms with van der Waals surface area (Å²) in [5, 5.41) is 0. The molecule has 28 heavy (non-hydrogen) atoms. The van der Waals surface area contributed by atoms with Gasteiger partial charge in [-0.2, -0.15) is 4.39 Å². The Morgan fingerprint density at radius 2 is 1.86 bits per heavy atom. The van der Waals surface area contributed by atoms with Crippen LogP contribution in [0, 0.1) is 17.6 Å². The third-order valence-electron chi connectivity index (χ3n) is 5.88. The van der Waals surface area contributed by atoms with E-state index in [0.29, 0.717) is 24.7 Å². The third kappa shape index (κ3) is 5.32. The summed E-state index contributed by atoms with van der Waals surface area (Å²) >= 11 is 0. The van der Waals surface area contributed by atoms with Gasteiger partial charge in [0.15, 0.2) is 11.6 Å². The SMILES string of the molecule is C/C=C/C1CCC(COC2CCC(c3ccc(OCC)c(F)c3F)CC2)OC1. The molecule has 0 bridgehead atoms. The lowest BCUT2D eigenvalue weighted by molar-refractivity contribution is -0.0795. The molecule has 0 spiro atoms. The minimum atomic E-state index is -0.872. The van der Waals surface area contributed by atoms with Crippen LogP contribution in [0.2, 0.25) is 0 Å². The molecule has 0 aromatic heterocycles. The number of hydrogen-bond acceptors (Lipinski definition) is 3. The van der Waals surface area contributed by atoms with Gasteiger partial charge in [0.1, 0.15) is 0 Å². The molecule has 156 valence electrons. The number of hydrogen-bond donors (Lipinski definition) is 0. The summed E-state index contributed by atoms with van der Waals surface area (Å²) < 4.78 is 45.7. The lowest BCUT2D eigenvalue weighted by Crippen LogP contribution is -2.31. The van der Waals surface area contributed by atoms with Crippen molar-refractivity contribution in [2.24, 2.45) is 5.92 Å². The molecular weight excluding hydrogens is 362 g/mol. The van der Waals surface area contributed by atoms with Gasteiger partial charge in [-0.15, -0.1) is 0 Å². The molecule has 0 amide bonds. The Kier molecular flexibility index (Phi) is 7.86. The van der Waals surface area contributed by atoms with Crippen molar-refractivity contribution in [3.8, 4) is 5.75 Å². The van der Waals surface area contributed by atoms with Crippen LogP contribution in [0.3, 0.4) is 0 Å². The monoisotopic (exact) mass is 394 g/mol. The Balaban J connectivity index is 1.44. The van der Waals surface area contributed by atoms with Crippen molar-refractivity contribution in [1.82, 2.24) is 0 Å². The van der Waals surface area contributed by atoms with E-state index < -0.39 is 11.6 Å². The summed E-state index contributed by atoms with van der Waals surface area (Å²) in [6, 6.07) is 3.22.